The Kier molecular flexibility index (Phi) is 5.37. The predicted octanol–water partition coefficient (Wildman–Crippen LogP) is 4.22. The van der Waals surface area contributed by atoms with Gasteiger partial charge < -0.3 is 14.4 Å². The first-order valence-electron chi connectivity index (χ1n) is 10.3. The van der Waals surface area contributed by atoms with Gasteiger partial charge in [-0.3, -0.25) is 4.98 Å². The number of carbonyl (C=O) groups excluding carboxylic acids is 1. The van der Waals surface area contributed by atoms with Crippen molar-refractivity contribution in [1.29, 1.82) is 0 Å². The Hall–Kier alpha value is -3.09. The Morgan fingerprint density at radius 1 is 1.20 bits per heavy atom. The predicted molar refractivity (Wildman–Crippen MR) is 116 cm³/mol. The van der Waals surface area contributed by atoms with Crippen LogP contribution >= 0.6 is 0 Å². The van der Waals surface area contributed by atoms with E-state index in [0.717, 1.165) is 42.6 Å². The lowest BCUT2D eigenvalue weighted by Crippen LogP contribution is -2.27. The number of pyridine rings is 1. The minimum Gasteiger partial charge on any atom is -0.493 e. The summed E-state index contributed by atoms with van der Waals surface area (Å²) in [7, 11) is 2.11. The molecule has 4 rings (SSSR count). The summed E-state index contributed by atoms with van der Waals surface area (Å²) in [6.07, 6.45) is 4.08. The van der Waals surface area contributed by atoms with Crippen molar-refractivity contribution in [3.8, 4) is 5.75 Å². The number of anilines is 1. The third-order valence-corrected chi connectivity index (χ3v) is 5.06. The van der Waals surface area contributed by atoms with E-state index in [1.165, 1.54) is 16.1 Å². The van der Waals surface area contributed by atoms with Crippen molar-refractivity contribution in [2.75, 3.05) is 25.1 Å². The van der Waals surface area contributed by atoms with Crippen molar-refractivity contribution in [1.82, 2.24) is 14.8 Å². The number of aryl methyl sites for hydroxylation is 1. The molecule has 2 aromatic heterocycles. The summed E-state index contributed by atoms with van der Waals surface area (Å²) in [6.45, 7) is 7.12. The molecule has 0 spiro atoms. The molecule has 3 heterocycles. The van der Waals surface area contributed by atoms with Crippen LogP contribution in [0.5, 0.6) is 5.75 Å². The van der Waals surface area contributed by atoms with Crippen molar-refractivity contribution in [3.05, 3.63) is 47.9 Å². The summed E-state index contributed by atoms with van der Waals surface area (Å²) in [5, 5.41) is 5.00. The van der Waals surface area contributed by atoms with Crippen LogP contribution in [0.25, 0.3) is 10.9 Å². The lowest BCUT2D eigenvalue weighted by Gasteiger charge is -2.26. The molecule has 0 N–H and O–H groups in total. The van der Waals surface area contributed by atoms with Crippen molar-refractivity contribution >= 4 is 22.7 Å². The first-order chi connectivity index (χ1) is 14.3. The van der Waals surface area contributed by atoms with Crippen molar-refractivity contribution in [3.63, 3.8) is 0 Å². The number of aromatic nitrogens is 3. The highest BCUT2D eigenvalue weighted by atomic mass is 16.6. The van der Waals surface area contributed by atoms with Gasteiger partial charge in [-0.15, -0.1) is 0 Å². The van der Waals surface area contributed by atoms with Crippen LogP contribution in [-0.4, -0.2) is 46.7 Å². The normalized spacial score (nSPS) is 13.9. The van der Waals surface area contributed by atoms with Gasteiger partial charge in [0.15, 0.2) is 0 Å². The van der Waals surface area contributed by atoms with Crippen LogP contribution in [0.3, 0.4) is 0 Å². The Balaban J connectivity index is 1.40. The van der Waals surface area contributed by atoms with Gasteiger partial charge in [-0.05, 0) is 63.9 Å². The van der Waals surface area contributed by atoms with Gasteiger partial charge in [0, 0.05) is 31.1 Å². The Labute approximate surface area is 176 Å². The molecule has 0 saturated carbocycles. The highest BCUT2D eigenvalue weighted by Crippen LogP contribution is 2.25. The van der Waals surface area contributed by atoms with Gasteiger partial charge in [0.05, 0.1) is 29.7 Å². The molecular formula is C23H28N4O3. The number of hydrogen-bond acceptors (Lipinski definition) is 6. The minimum absolute atomic E-state index is 0.490. The van der Waals surface area contributed by atoms with Gasteiger partial charge in [0.25, 0.3) is 0 Å². The zero-order valence-electron chi connectivity index (χ0n) is 18.0. The number of nitrogens with zero attached hydrogens (tertiary/aromatic N) is 4. The lowest BCUT2D eigenvalue weighted by molar-refractivity contribution is 0.0522. The molecule has 1 aromatic carbocycles. The van der Waals surface area contributed by atoms with Gasteiger partial charge in [-0.1, -0.05) is 0 Å². The maximum atomic E-state index is 12.3. The Morgan fingerprint density at radius 3 is 2.83 bits per heavy atom. The van der Waals surface area contributed by atoms with Crippen LogP contribution in [0.1, 0.15) is 38.6 Å². The molecule has 0 amide bonds. The fourth-order valence-electron chi connectivity index (χ4n) is 3.64. The highest BCUT2D eigenvalue weighted by molar-refractivity contribution is 5.88. The smallest absolute Gasteiger partial charge is 0.435 e. The summed E-state index contributed by atoms with van der Waals surface area (Å²) >= 11 is 0. The van der Waals surface area contributed by atoms with Gasteiger partial charge in [-0.25, -0.2) is 4.79 Å². The standard InChI is InChI=1S/C23H28N4O3/c1-23(2,3)30-22(28)27-20-10-8-18(14-16(20)15-24-27)29-13-11-17-7-9-21-19(25-17)6-5-12-26(21)4/h7-10,14-15H,5-6,11-13H2,1-4H3. The van der Waals surface area contributed by atoms with Crippen LogP contribution in [0, 0.1) is 0 Å². The van der Waals surface area contributed by atoms with Crippen LogP contribution in [0.15, 0.2) is 36.5 Å². The van der Waals surface area contributed by atoms with Crippen LogP contribution in [0.2, 0.25) is 0 Å². The second-order valence-electron chi connectivity index (χ2n) is 8.65. The molecule has 158 valence electrons. The highest BCUT2D eigenvalue weighted by Gasteiger charge is 2.20. The summed E-state index contributed by atoms with van der Waals surface area (Å²) in [6, 6.07) is 9.80. The number of hydrogen-bond donors (Lipinski definition) is 0. The van der Waals surface area contributed by atoms with E-state index >= 15 is 0 Å². The van der Waals surface area contributed by atoms with E-state index in [9.17, 15) is 4.79 Å². The molecule has 0 fully saturated rings. The van der Waals surface area contributed by atoms with Crippen LogP contribution in [0.4, 0.5) is 10.5 Å². The van der Waals surface area contributed by atoms with Gasteiger partial charge in [0.1, 0.15) is 11.4 Å². The third kappa shape index (κ3) is 4.40. The van der Waals surface area contributed by atoms with Crippen molar-refractivity contribution in [2.45, 2.75) is 45.6 Å². The minimum atomic E-state index is -0.571. The van der Waals surface area contributed by atoms with E-state index in [1.807, 2.05) is 39.0 Å². The third-order valence-electron chi connectivity index (χ3n) is 5.06. The molecule has 0 radical (unpaired) electrons. The van der Waals surface area contributed by atoms with Crippen molar-refractivity contribution in [2.24, 2.45) is 0 Å². The van der Waals surface area contributed by atoms with E-state index < -0.39 is 11.7 Å². The summed E-state index contributed by atoms with van der Waals surface area (Å²) in [5.41, 5.74) is 3.58. The second-order valence-corrected chi connectivity index (χ2v) is 8.65. The first kappa shape index (κ1) is 20.2. The van der Waals surface area contributed by atoms with E-state index in [4.69, 9.17) is 14.5 Å². The zero-order chi connectivity index (χ0) is 21.3. The molecular weight excluding hydrogens is 380 g/mol. The average molecular weight is 409 g/mol. The molecule has 0 unspecified atom stereocenters. The Morgan fingerprint density at radius 2 is 2.03 bits per heavy atom. The molecule has 7 heteroatoms. The molecule has 30 heavy (non-hydrogen) atoms. The fourth-order valence-corrected chi connectivity index (χ4v) is 3.64. The molecule has 1 aliphatic rings. The molecule has 1 aliphatic heterocycles. The van der Waals surface area contributed by atoms with Crippen LogP contribution < -0.4 is 9.64 Å². The quantitative estimate of drug-likeness (QED) is 0.644. The van der Waals surface area contributed by atoms with Crippen molar-refractivity contribution < 1.29 is 14.3 Å². The van der Waals surface area contributed by atoms with E-state index in [0.29, 0.717) is 12.1 Å². The molecule has 0 bridgehead atoms. The topological polar surface area (TPSA) is 69.5 Å². The molecule has 0 saturated heterocycles. The SMILES string of the molecule is CN1CCCc2nc(CCOc3ccc4c(cnn4C(=O)OC(C)(C)C)c3)ccc21. The fraction of sp³-hybridized carbons (Fsp3) is 0.435. The summed E-state index contributed by atoms with van der Waals surface area (Å²) in [5.74, 6) is 0.740. The zero-order valence-corrected chi connectivity index (χ0v) is 18.0. The number of fused-ring (bicyclic) bond motifs is 2. The van der Waals surface area contributed by atoms with Crippen LogP contribution in [-0.2, 0) is 17.6 Å². The molecule has 3 aromatic rings. The number of carbonyl (C=O) groups is 1. The van der Waals surface area contributed by atoms with E-state index in [1.54, 1.807) is 6.20 Å². The van der Waals surface area contributed by atoms with Gasteiger partial charge in [0.2, 0.25) is 0 Å². The van der Waals surface area contributed by atoms with Gasteiger partial charge >= 0.3 is 6.09 Å². The average Bonchev–Trinajstić information content (AvgIpc) is 3.10. The Bertz CT molecular complexity index is 1070. The molecule has 0 aliphatic carbocycles. The number of benzene rings is 1. The van der Waals surface area contributed by atoms with E-state index in [-0.39, 0.29) is 0 Å². The monoisotopic (exact) mass is 408 g/mol. The maximum Gasteiger partial charge on any atom is 0.435 e. The van der Waals surface area contributed by atoms with E-state index in [2.05, 4.69) is 29.2 Å². The lowest BCUT2D eigenvalue weighted by atomic mass is 10.1. The first-order valence-corrected chi connectivity index (χ1v) is 10.3. The van der Waals surface area contributed by atoms with Gasteiger partial charge in [-0.2, -0.15) is 9.78 Å². The summed E-state index contributed by atoms with van der Waals surface area (Å²) in [4.78, 5) is 19.4. The second kappa shape index (κ2) is 7.97. The molecule has 7 nitrogen and oxygen atoms in total. The number of rotatable bonds is 4. The maximum absolute atomic E-state index is 12.3. The molecule has 0 atom stereocenters. The summed E-state index contributed by atoms with van der Waals surface area (Å²) < 4.78 is 12.6. The number of ether oxygens (including phenoxy) is 2. The largest absolute Gasteiger partial charge is 0.493 e.